The number of benzene rings is 6. The number of carbonyl (C=O) groups excluding carboxylic acids is 3. The van der Waals surface area contributed by atoms with Gasteiger partial charge in [0.1, 0.15) is 0 Å². The third-order valence-electron chi connectivity index (χ3n) is 7.44. The Bertz CT molecular complexity index is 1830. The van der Waals surface area contributed by atoms with E-state index < -0.39 is 4.30 Å². The molecule has 0 saturated carbocycles. The van der Waals surface area contributed by atoms with Crippen LogP contribution in [-0.4, -0.2) is 21.6 Å². The second-order valence-electron chi connectivity index (χ2n) is 11.9. The van der Waals surface area contributed by atoms with E-state index in [9.17, 15) is 14.4 Å². The van der Waals surface area contributed by atoms with E-state index in [2.05, 4.69) is 0 Å². The van der Waals surface area contributed by atoms with Gasteiger partial charge in [-0.25, -0.2) is 0 Å². The van der Waals surface area contributed by atoms with Gasteiger partial charge in [0.05, 0.1) is 0 Å². The van der Waals surface area contributed by atoms with E-state index in [-0.39, 0.29) is 58.2 Å². The van der Waals surface area contributed by atoms with Gasteiger partial charge in [-0.2, -0.15) is 0 Å². The number of hydrogen-bond donors (Lipinski definition) is 0. The normalized spacial score (nSPS) is 10.6. The standard InChI is InChI=1S/3C17H14O.CHCl3.2Pd/c3*18-17(13-11-15-7-3-1-4-8-15)14-12-16-9-5-2-6-10-16;2-1(3)4;;/h3*1-14H;1H;;/b3*13-11+,14-12?;;;. The molecule has 0 heterocycles. The number of rotatable bonds is 12. The summed E-state index contributed by atoms with van der Waals surface area (Å²) >= 11 is 14.4. The minimum atomic E-state index is -0.750. The average Bonchev–Trinajstić information content (AvgIpc) is 3.27. The van der Waals surface area contributed by atoms with E-state index in [1.165, 1.54) is 0 Å². The maximum atomic E-state index is 11.6. The molecule has 0 aliphatic heterocycles. The van der Waals surface area contributed by atoms with Gasteiger partial charge >= 0.3 is 0 Å². The maximum absolute atomic E-state index is 11.6. The minimum absolute atomic E-state index is 0. The van der Waals surface area contributed by atoms with Gasteiger partial charge in [-0.05, 0) is 69.8 Å². The van der Waals surface area contributed by atoms with E-state index in [1.54, 1.807) is 36.5 Å². The molecule has 0 unspecified atom stereocenters. The molecule has 0 aliphatic carbocycles. The van der Waals surface area contributed by atoms with Crippen molar-refractivity contribution in [2.75, 3.05) is 0 Å². The summed E-state index contributed by atoms with van der Waals surface area (Å²) in [7, 11) is 0. The molecule has 6 aromatic carbocycles. The molecule has 0 N–H and O–H groups in total. The summed E-state index contributed by atoms with van der Waals surface area (Å²) in [5, 5.41) is 0. The topological polar surface area (TPSA) is 51.2 Å². The van der Waals surface area contributed by atoms with Gasteiger partial charge in [0.25, 0.3) is 0 Å². The summed E-state index contributed by atoms with van der Waals surface area (Å²) in [5.41, 5.74) is 6.16. The van der Waals surface area contributed by atoms with E-state index in [1.807, 2.05) is 218 Å². The first kappa shape index (κ1) is 53.0. The number of alkyl halides is 3. The molecule has 310 valence electrons. The first-order valence-corrected chi connectivity index (χ1v) is 19.5. The van der Waals surface area contributed by atoms with E-state index in [0.29, 0.717) is 0 Å². The molecule has 0 saturated heterocycles. The number of carbonyl (C=O) groups is 3. The molecule has 8 heteroatoms. The van der Waals surface area contributed by atoms with Crippen LogP contribution in [0.3, 0.4) is 0 Å². The van der Waals surface area contributed by atoms with Crippen LogP contribution in [0.4, 0.5) is 0 Å². The summed E-state index contributed by atoms with van der Waals surface area (Å²) < 4.78 is -0.750. The minimum Gasteiger partial charge on any atom is -0.290 e. The number of allylic oxidation sites excluding steroid dienone is 6. The number of halogens is 3. The smallest absolute Gasteiger partial charge is 0.180 e. The van der Waals surface area contributed by atoms with Crippen molar-refractivity contribution >= 4 is 88.6 Å². The van der Waals surface area contributed by atoms with Crippen LogP contribution in [0, 0.1) is 0 Å². The fourth-order valence-corrected chi connectivity index (χ4v) is 4.62. The van der Waals surface area contributed by atoms with Crippen molar-refractivity contribution in [3.05, 3.63) is 252 Å². The van der Waals surface area contributed by atoms with Crippen LogP contribution in [0.5, 0.6) is 0 Å². The van der Waals surface area contributed by atoms with Gasteiger partial charge in [-0.1, -0.05) is 253 Å². The Morgan fingerprint density at radius 2 is 0.400 bits per heavy atom. The summed E-state index contributed by atoms with van der Waals surface area (Å²) in [5.74, 6) is -0.0341. The second kappa shape index (κ2) is 33.8. The van der Waals surface area contributed by atoms with Crippen molar-refractivity contribution < 1.29 is 55.2 Å². The third-order valence-corrected chi connectivity index (χ3v) is 7.44. The fraction of sp³-hybridized carbons (Fsp3) is 0.0192. The van der Waals surface area contributed by atoms with Gasteiger partial charge in [-0.15, -0.1) is 0 Å². The Morgan fingerprint density at radius 1 is 0.283 bits per heavy atom. The van der Waals surface area contributed by atoms with Gasteiger partial charge in [0.15, 0.2) is 21.6 Å². The van der Waals surface area contributed by atoms with E-state index in [0.717, 1.165) is 33.4 Å². The summed E-state index contributed by atoms with van der Waals surface area (Å²) in [6, 6.07) is 58.7. The van der Waals surface area contributed by atoms with Gasteiger partial charge < -0.3 is 0 Å². The monoisotopic (exact) mass is 1030 g/mol. The number of ketones is 3. The van der Waals surface area contributed by atoms with E-state index >= 15 is 0 Å². The SMILES string of the molecule is ClC(Cl)Cl.O=C(C=Cc1ccccc1)/C=C/c1ccccc1.O=C(C=Cc1ccccc1)/C=C/c1ccccc1.O=C(C=Cc1ccccc1)/C=C/c1ccccc1.[Pd].[Pd]. The van der Waals surface area contributed by atoms with Crippen LogP contribution in [0.15, 0.2) is 218 Å². The largest absolute Gasteiger partial charge is 0.290 e. The Labute approximate surface area is 396 Å². The quantitative estimate of drug-likeness (QED) is 0.0697. The molecule has 0 aromatic heterocycles. The summed E-state index contributed by atoms with van der Waals surface area (Å²) in [4.78, 5) is 34.8. The second-order valence-corrected chi connectivity index (χ2v) is 13.9. The molecule has 0 spiro atoms. The molecule has 0 fully saturated rings. The van der Waals surface area contributed by atoms with Crippen LogP contribution in [-0.2, 0) is 55.2 Å². The Morgan fingerprint density at radius 3 is 0.517 bits per heavy atom. The number of hydrogen-bond acceptors (Lipinski definition) is 3. The molecule has 60 heavy (non-hydrogen) atoms. The predicted molar refractivity (Wildman–Crippen MR) is 249 cm³/mol. The molecular formula is C52H43Cl3O3Pd2. The average molecular weight is 1040 g/mol. The van der Waals surface area contributed by atoms with Gasteiger partial charge in [0.2, 0.25) is 0 Å². The van der Waals surface area contributed by atoms with Crippen molar-refractivity contribution in [3.63, 3.8) is 0 Å². The molecule has 0 atom stereocenters. The summed E-state index contributed by atoms with van der Waals surface area (Å²) in [6.07, 6.45) is 20.4. The maximum Gasteiger partial charge on any atom is 0.180 e. The predicted octanol–water partition coefficient (Wildman–Crippen LogP) is 13.9. The Balaban J connectivity index is 0.000000423. The van der Waals surface area contributed by atoms with Crippen molar-refractivity contribution in [3.8, 4) is 0 Å². The van der Waals surface area contributed by atoms with Crippen molar-refractivity contribution in [1.29, 1.82) is 0 Å². The zero-order chi connectivity index (χ0) is 41.5. The first-order valence-electron chi connectivity index (χ1n) is 18.2. The summed E-state index contributed by atoms with van der Waals surface area (Å²) in [6.45, 7) is 0. The van der Waals surface area contributed by atoms with Crippen molar-refractivity contribution in [2.24, 2.45) is 0 Å². The molecule has 0 aliphatic rings. The fourth-order valence-electron chi connectivity index (χ4n) is 4.62. The molecular weight excluding hydrogens is 992 g/mol. The van der Waals surface area contributed by atoms with Gasteiger partial charge in [-0.3, -0.25) is 14.4 Å². The van der Waals surface area contributed by atoms with Crippen LogP contribution in [0.2, 0.25) is 0 Å². The Kier molecular flexibility index (Phi) is 29.8. The van der Waals surface area contributed by atoms with Crippen molar-refractivity contribution in [1.82, 2.24) is 0 Å². The first-order chi connectivity index (χ1) is 28.3. The molecule has 0 bridgehead atoms. The zero-order valence-electron chi connectivity index (χ0n) is 32.3. The molecule has 3 nitrogen and oxygen atoms in total. The van der Waals surface area contributed by atoms with Crippen LogP contribution in [0.25, 0.3) is 36.5 Å². The molecule has 6 aromatic rings. The van der Waals surface area contributed by atoms with Crippen LogP contribution < -0.4 is 0 Å². The van der Waals surface area contributed by atoms with Crippen LogP contribution >= 0.6 is 34.8 Å². The Hall–Kier alpha value is -5.04. The molecule has 0 amide bonds. The van der Waals surface area contributed by atoms with Gasteiger partial charge in [0, 0.05) is 40.8 Å². The molecule has 6 rings (SSSR count). The third kappa shape index (κ3) is 26.9. The van der Waals surface area contributed by atoms with E-state index in [4.69, 9.17) is 34.8 Å². The van der Waals surface area contributed by atoms with Crippen LogP contribution in [0.1, 0.15) is 33.4 Å². The molecule has 0 radical (unpaired) electrons. The van der Waals surface area contributed by atoms with Crippen molar-refractivity contribution in [2.45, 2.75) is 4.30 Å². The zero-order valence-corrected chi connectivity index (χ0v) is 37.7.